The zero-order valence-electron chi connectivity index (χ0n) is 20.8. The van der Waals surface area contributed by atoms with Gasteiger partial charge in [-0.2, -0.15) is 0 Å². The number of esters is 3. The van der Waals surface area contributed by atoms with E-state index in [9.17, 15) is 14.4 Å². The molecule has 5 unspecified atom stereocenters. The summed E-state index contributed by atoms with van der Waals surface area (Å²) in [7, 11) is 1.45. The molecule has 0 amide bonds. The van der Waals surface area contributed by atoms with Crippen molar-refractivity contribution in [2.75, 3.05) is 7.11 Å². The van der Waals surface area contributed by atoms with Crippen LogP contribution in [0.5, 0.6) is 0 Å². The van der Waals surface area contributed by atoms with Crippen molar-refractivity contribution in [3.8, 4) is 0 Å². The zero-order valence-corrected chi connectivity index (χ0v) is 20.8. The van der Waals surface area contributed by atoms with E-state index in [0.29, 0.717) is 53.8 Å². The van der Waals surface area contributed by atoms with Crippen LogP contribution in [-0.2, 0) is 28.6 Å². The molecule has 0 aromatic carbocycles. The lowest BCUT2D eigenvalue weighted by Crippen LogP contribution is -2.51. The van der Waals surface area contributed by atoms with E-state index in [1.807, 2.05) is 0 Å². The molecule has 0 radical (unpaired) electrons. The third-order valence-corrected chi connectivity index (χ3v) is 9.68. The first-order chi connectivity index (χ1) is 15.8. The van der Waals surface area contributed by atoms with Crippen LogP contribution in [0.25, 0.3) is 0 Å². The summed E-state index contributed by atoms with van der Waals surface area (Å²) < 4.78 is 16.5. The Labute approximate surface area is 198 Å². The highest BCUT2D eigenvalue weighted by atomic mass is 16.5. The minimum absolute atomic E-state index is 0.00762. The second kappa shape index (κ2) is 10.4. The molecule has 0 heterocycles. The van der Waals surface area contributed by atoms with Crippen molar-refractivity contribution in [3.05, 3.63) is 0 Å². The molecule has 4 aliphatic carbocycles. The fourth-order valence-corrected chi connectivity index (χ4v) is 8.53. The lowest BCUT2D eigenvalue weighted by atomic mass is 9.52. The highest BCUT2D eigenvalue weighted by Crippen LogP contribution is 2.61. The minimum Gasteiger partial charge on any atom is -0.469 e. The van der Waals surface area contributed by atoms with Crippen LogP contribution in [0.2, 0.25) is 0 Å². The van der Waals surface area contributed by atoms with Crippen LogP contribution in [0, 0.1) is 47.3 Å². The van der Waals surface area contributed by atoms with Crippen LogP contribution >= 0.6 is 0 Å². The Morgan fingerprint density at radius 3 is 2.21 bits per heavy atom. The number of rotatable bonds is 6. The highest BCUT2D eigenvalue weighted by Gasteiger charge is 2.56. The molecule has 33 heavy (non-hydrogen) atoms. The highest BCUT2D eigenvalue weighted by molar-refractivity contribution is 5.69. The normalized spacial score (nSPS) is 40.5. The van der Waals surface area contributed by atoms with Crippen molar-refractivity contribution in [1.82, 2.24) is 0 Å². The number of carbonyl (C=O) groups excluding carboxylic acids is 3. The minimum atomic E-state index is -0.170. The van der Waals surface area contributed by atoms with Gasteiger partial charge in [0.15, 0.2) is 0 Å². The number of carbonyl (C=O) groups is 3. The van der Waals surface area contributed by atoms with Gasteiger partial charge in [0.25, 0.3) is 0 Å². The summed E-state index contributed by atoms with van der Waals surface area (Å²) in [5.74, 6) is 4.08. The van der Waals surface area contributed by atoms with Gasteiger partial charge in [-0.1, -0.05) is 6.92 Å². The summed E-state index contributed by atoms with van der Waals surface area (Å²) in [6.07, 6.45) is 10.3. The Balaban J connectivity index is 1.48. The Kier molecular flexibility index (Phi) is 7.69. The van der Waals surface area contributed by atoms with Crippen molar-refractivity contribution in [2.45, 2.75) is 97.2 Å². The summed E-state index contributed by atoms with van der Waals surface area (Å²) in [5.41, 5.74) is 0. The van der Waals surface area contributed by atoms with Crippen LogP contribution in [-0.4, -0.2) is 37.2 Å². The van der Waals surface area contributed by atoms with E-state index in [-0.39, 0.29) is 30.1 Å². The zero-order chi connectivity index (χ0) is 23.7. The van der Waals surface area contributed by atoms with Crippen LogP contribution in [0.15, 0.2) is 0 Å². The standard InChI is InChI=1S/C27H42O6/c1-15(5-12-26(30)31-4)20-10-11-23-22-8-6-18-13-19(32-16(2)28)7-9-21(18)24(22)14-25(27(20)23)33-17(3)29/h15,18-25,27H,5-14H2,1-4H3/t15?,18?,19?,20?,21-,22-,23-,24+,25?,27+/m0/s1. The molecule has 0 aliphatic heterocycles. The van der Waals surface area contributed by atoms with Gasteiger partial charge in [-0.15, -0.1) is 0 Å². The van der Waals surface area contributed by atoms with Gasteiger partial charge in [0.1, 0.15) is 12.2 Å². The predicted molar refractivity (Wildman–Crippen MR) is 123 cm³/mol. The Hall–Kier alpha value is -1.59. The molecule has 6 heteroatoms. The predicted octanol–water partition coefficient (Wildman–Crippen LogP) is 4.93. The van der Waals surface area contributed by atoms with Crippen molar-refractivity contribution in [2.24, 2.45) is 47.3 Å². The van der Waals surface area contributed by atoms with Gasteiger partial charge in [0.2, 0.25) is 0 Å². The van der Waals surface area contributed by atoms with Crippen molar-refractivity contribution < 1.29 is 28.6 Å². The molecule has 0 aromatic heterocycles. The SMILES string of the molecule is COC(=O)CCC(C)C1CC[C@@H]2[C@@H]1C(OC(C)=O)C[C@H]1[C@H]2CCC2CC(OC(C)=O)CC[C@@H]21. The van der Waals surface area contributed by atoms with Gasteiger partial charge in [0, 0.05) is 26.2 Å². The first kappa shape index (κ1) is 24.5. The molecule has 4 rings (SSSR count). The van der Waals surface area contributed by atoms with E-state index >= 15 is 0 Å². The van der Waals surface area contributed by atoms with Crippen LogP contribution in [0.3, 0.4) is 0 Å². The summed E-state index contributed by atoms with van der Waals surface area (Å²) in [5, 5.41) is 0. The van der Waals surface area contributed by atoms with Crippen molar-refractivity contribution in [1.29, 1.82) is 0 Å². The van der Waals surface area contributed by atoms with Gasteiger partial charge in [-0.3, -0.25) is 14.4 Å². The van der Waals surface area contributed by atoms with Crippen LogP contribution in [0.1, 0.15) is 85.0 Å². The quantitative estimate of drug-likeness (QED) is 0.411. The smallest absolute Gasteiger partial charge is 0.305 e. The molecule has 4 saturated carbocycles. The molecule has 10 atom stereocenters. The average Bonchev–Trinajstić information content (AvgIpc) is 3.22. The molecule has 0 saturated heterocycles. The summed E-state index contributed by atoms with van der Waals surface area (Å²) >= 11 is 0. The molecular weight excluding hydrogens is 420 g/mol. The topological polar surface area (TPSA) is 78.9 Å². The van der Waals surface area contributed by atoms with Crippen LogP contribution in [0.4, 0.5) is 0 Å². The number of hydrogen-bond acceptors (Lipinski definition) is 6. The number of methoxy groups -OCH3 is 1. The van der Waals surface area contributed by atoms with E-state index in [1.54, 1.807) is 6.92 Å². The maximum atomic E-state index is 12.1. The fourth-order valence-electron chi connectivity index (χ4n) is 8.53. The maximum absolute atomic E-state index is 12.1. The first-order valence-corrected chi connectivity index (χ1v) is 13.2. The summed E-state index contributed by atoms with van der Waals surface area (Å²) in [6, 6.07) is 0. The van der Waals surface area contributed by atoms with Crippen molar-refractivity contribution in [3.63, 3.8) is 0 Å². The second-order valence-corrected chi connectivity index (χ2v) is 11.3. The van der Waals surface area contributed by atoms with Gasteiger partial charge >= 0.3 is 17.9 Å². The van der Waals surface area contributed by atoms with E-state index in [2.05, 4.69) is 6.92 Å². The molecule has 6 nitrogen and oxygen atoms in total. The Bertz CT molecular complexity index is 734. The maximum Gasteiger partial charge on any atom is 0.305 e. The third kappa shape index (κ3) is 5.24. The Morgan fingerprint density at radius 1 is 0.818 bits per heavy atom. The number of fused-ring (bicyclic) bond motifs is 5. The molecule has 4 fully saturated rings. The first-order valence-electron chi connectivity index (χ1n) is 13.2. The molecule has 0 aromatic rings. The van der Waals surface area contributed by atoms with Gasteiger partial charge in [0.05, 0.1) is 7.11 Å². The molecule has 0 N–H and O–H groups in total. The third-order valence-electron chi connectivity index (χ3n) is 9.68. The summed E-state index contributed by atoms with van der Waals surface area (Å²) in [4.78, 5) is 35.3. The molecular formula is C27H42O6. The molecule has 0 bridgehead atoms. The fraction of sp³-hybridized carbons (Fsp3) is 0.889. The van der Waals surface area contributed by atoms with Gasteiger partial charge in [-0.05, 0) is 99.2 Å². The van der Waals surface area contributed by atoms with E-state index < -0.39 is 0 Å². The summed E-state index contributed by atoms with van der Waals surface area (Å²) in [6.45, 7) is 5.32. The Morgan fingerprint density at radius 2 is 1.52 bits per heavy atom. The lowest BCUT2D eigenvalue weighted by molar-refractivity contribution is -0.165. The average molecular weight is 463 g/mol. The molecule has 186 valence electrons. The second-order valence-electron chi connectivity index (χ2n) is 11.3. The van der Waals surface area contributed by atoms with E-state index in [0.717, 1.165) is 32.1 Å². The lowest BCUT2D eigenvalue weighted by Gasteiger charge is -2.55. The molecule has 4 aliphatic rings. The van der Waals surface area contributed by atoms with Gasteiger partial charge in [-0.25, -0.2) is 0 Å². The van der Waals surface area contributed by atoms with Crippen molar-refractivity contribution >= 4 is 17.9 Å². The van der Waals surface area contributed by atoms with E-state index in [1.165, 1.54) is 39.7 Å². The largest absolute Gasteiger partial charge is 0.469 e. The van der Waals surface area contributed by atoms with E-state index in [4.69, 9.17) is 14.2 Å². The number of hydrogen-bond donors (Lipinski definition) is 0. The number of ether oxygens (including phenoxy) is 3. The monoisotopic (exact) mass is 462 g/mol. The van der Waals surface area contributed by atoms with Crippen LogP contribution < -0.4 is 0 Å². The molecule has 0 spiro atoms. The van der Waals surface area contributed by atoms with Gasteiger partial charge < -0.3 is 14.2 Å².